The van der Waals surface area contributed by atoms with Gasteiger partial charge >= 0.3 is 0 Å². The number of sulfonamides is 1. The minimum absolute atomic E-state index is 0.0956. The average molecular weight is 427 g/mol. The summed E-state index contributed by atoms with van der Waals surface area (Å²) in [5.74, 6) is -0.634. The van der Waals surface area contributed by atoms with E-state index in [0.717, 1.165) is 11.6 Å². The number of hydrogen-bond acceptors (Lipinski definition) is 4. The molecular formula is C19H20ClFN2O4S. The molecule has 1 atom stereocenters. The third-order valence-corrected chi connectivity index (χ3v) is 6.61. The number of likely N-dealkylation sites (tertiary alicyclic amines) is 1. The standard InChI is InChI=1S/C19H20ClFN2O4S/c20-17-10-15(6-7-18(17)21)27-13-19(24)23-9-8-16(12-23)28(25,26)22-11-14-4-2-1-3-5-14/h1-7,10,16,22H,8-9,11-13H2/t16-/m0/s1. The Morgan fingerprint density at radius 2 is 2.00 bits per heavy atom. The predicted octanol–water partition coefficient (Wildman–Crippen LogP) is 2.58. The summed E-state index contributed by atoms with van der Waals surface area (Å²) in [4.78, 5) is 13.8. The van der Waals surface area contributed by atoms with Crippen LogP contribution in [0.25, 0.3) is 0 Å². The van der Waals surface area contributed by atoms with Gasteiger partial charge in [-0.1, -0.05) is 41.9 Å². The second-order valence-corrected chi connectivity index (χ2v) is 8.92. The first-order valence-corrected chi connectivity index (χ1v) is 10.7. The van der Waals surface area contributed by atoms with E-state index in [1.54, 1.807) is 0 Å². The zero-order valence-electron chi connectivity index (χ0n) is 15.0. The van der Waals surface area contributed by atoms with Gasteiger partial charge in [-0.05, 0) is 24.1 Å². The van der Waals surface area contributed by atoms with Crippen molar-refractivity contribution in [2.45, 2.75) is 18.2 Å². The molecule has 0 radical (unpaired) electrons. The highest BCUT2D eigenvalue weighted by Gasteiger charge is 2.35. The van der Waals surface area contributed by atoms with Gasteiger partial charge in [-0.25, -0.2) is 17.5 Å². The number of ether oxygens (including phenoxy) is 1. The molecule has 2 aromatic carbocycles. The van der Waals surface area contributed by atoms with Crippen LogP contribution in [0.1, 0.15) is 12.0 Å². The molecule has 1 saturated heterocycles. The first-order chi connectivity index (χ1) is 13.3. The van der Waals surface area contributed by atoms with E-state index in [2.05, 4.69) is 4.72 Å². The molecule has 6 nitrogen and oxygen atoms in total. The number of carbonyl (C=O) groups is 1. The maximum atomic E-state index is 13.1. The molecule has 1 fully saturated rings. The van der Waals surface area contributed by atoms with Crippen molar-refractivity contribution >= 4 is 27.5 Å². The Balaban J connectivity index is 1.50. The van der Waals surface area contributed by atoms with Crippen molar-refractivity contribution in [3.8, 4) is 5.75 Å². The van der Waals surface area contributed by atoms with E-state index in [0.29, 0.717) is 13.0 Å². The molecule has 0 saturated carbocycles. The number of benzene rings is 2. The summed E-state index contributed by atoms with van der Waals surface area (Å²) in [6.07, 6.45) is 0.359. The first-order valence-electron chi connectivity index (χ1n) is 8.73. The Morgan fingerprint density at radius 3 is 2.71 bits per heavy atom. The molecule has 0 aliphatic carbocycles. The van der Waals surface area contributed by atoms with E-state index in [1.165, 1.54) is 17.0 Å². The third kappa shape index (κ3) is 5.21. The van der Waals surface area contributed by atoms with Crippen molar-refractivity contribution in [1.29, 1.82) is 0 Å². The van der Waals surface area contributed by atoms with Crippen molar-refractivity contribution in [3.05, 3.63) is 64.9 Å². The van der Waals surface area contributed by atoms with Crippen LogP contribution in [-0.2, 0) is 21.4 Å². The SMILES string of the molecule is O=C(COc1ccc(F)c(Cl)c1)N1CC[C@H](S(=O)(=O)NCc2ccccc2)C1. The van der Waals surface area contributed by atoms with E-state index in [-0.39, 0.29) is 36.4 Å². The zero-order chi connectivity index (χ0) is 20.1. The zero-order valence-corrected chi connectivity index (χ0v) is 16.5. The van der Waals surface area contributed by atoms with Gasteiger partial charge in [-0.2, -0.15) is 0 Å². The van der Waals surface area contributed by atoms with E-state index in [9.17, 15) is 17.6 Å². The van der Waals surface area contributed by atoms with E-state index < -0.39 is 21.1 Å². The topological polar surface area (TPSA) is 75.7 Å². The number of halogens is 2. The molecule has 9 heteroatoms. The molecule has 3 rings (SSSR count). The van der Waals surface area contributed by atoms with Crippen LogP contribution in [0.4, 0.5) is 4.39 Å². The molecule has 1 aliphatic rings. The maximum absolute atomic E-state index is 13.1. The van der Waals surface area contributed by atoms with Gasteiger partial charge in [-0.15, -0.1) is 0 Å². The lowest BCUT2D eigenvalue weighted by molar-refractivity contribution is -0.132. The maximum Gasteiger partial charge on any atom is 0.260 e. The van der Waals surface area contributed by atoms with Crippen LogP contribution >= 0.6 is 11.6 Å². The van der Waals surface area contributed by atoms with Crippen molar-refractivity contribution in [3.63, 3.8) is 0 Å². The Bertz CT molecular complexity index is 940. The van der Waals surface area contributed by atoms with E-state index in [1.807, 2.05) is 30.3 Å². The van der Waals surface area contributed by atoms with E-state index >= 15 is 0 Å². The number of carbonyl (C=O) groups excluding carboxylic acids is 1. The van der Waals surface area contributed by atoms with Gasteiger partial charge in [0, 0.05) is 25.7 Å². The molecule has 0 bridgehead atoms. The van der Waals surface area contributed by atoms with Crippen LogP contribution in [0.2, 0.25) is 5.02 Å². The summed E-state index contributed by atoms with van der Waals surface area (Å²) in [6.45, 7) is 0.383. The molecule has 1 N–H and O–H groups in total. The van der Waals surface area contributed by atoms with Gasteiger partial charge in [0.05, 0.1) is 10.3 Å². The van der Waals surface area contributed by atoms with E-state index in [4.69, 9.17) is 16.3 Å². The minimum Gasteiger partial charge on any atom is -0.484 e. The molecule has 150 valence electrons. The highest BCUT2D eigenvalue weighted by atomic mass is 35.5. The summed E-state index contributed by atoms with van der Waals surface area (Å²) in [6, 6.07) is 13.0. The molecular weight excluding hydrogens is 407 g/mol. The van der Waals surface area contributed by atoms with Crippen LogP contribution in [0.15, 0.2) is 48.5 Å². The van der Waals surface area contributed by atoms with Crippen LogP contribution in [0.5, 0.6) is 5.75 Å². The Labute approximate surface area is 168 Å². The van der Waals surface area contributed by atoms with Gasteiger partial charge in [0.15, 0.2) is 6.61 Å². The van der Waals surface area contributed by atoms with Gasteiger partial charge in [0.25, 0.3) is 5.91 Å². The first kappa shape index (κ1) is 20.6. The number of rotatable bonds is 7. The Hall–Kier alpha value is -2.16. The summed E-state index contributed by atoms with van der Waals surface area (Å²) < 4.78 is 46.1. The molecule has 1 amide bonds. The summed E-state index contributed by atoms with van der Waals surface area (Å²) in [7, 11) is -3.55. The lowest BCUT2D eigenvalue weighted by Gasteiger charge is -2.17. The molecule has 28 heavy (non-hydrogen) atoms. The number of nitrogens with one attached hydrogen (secondary N) is 1. The minimum atomic E-state index is -3.55. The summed E-state index contributed by atoms with van der Waals surface area (Å²) >= 11 is 5.68. The molecule has 0 unspecified atom stereocenters. The van der Waals surface area contributed by atoms with Gasteiger partial charge in [-0.3, -0.25) is 4.79 Å². The second kappa shape index (κ2) is 8.89. The lowest BCUT2D eigenvalue weighted by Crippen LogP contribution is -2.38. The Morgan fingerprint density at radius 1 is 1.25 bits per heavy atom. The normalized spacial score (nSPS) is 16.9. The fourth-order valence-corrected chi connectivity index (χ4v) is 4.47. The van der Waals surface area contributed by atoms with Gasteiger partial charge in [0.1, 0.15) is 11.6 Å². The third-order valence-electron chi connectivity index (χ3n) is 4.51. The highest BCUT2D eigenvalue weighted by molar-refractivity contribution is 7.90. The molecule has 0 spiro atoms. The Kier molecular flexibility index (Phi) is 6.53. The van der Waals surface area contributed by atoms with Crippen LogP contribution in [0.3, 0.4) is 0 Å². The van der Waals surface area contributed by atoms with Gasteiger partial charge < -0.3 is 9.64 Å². The molecule has 2 aromatic rings. The monoisotopic (exact) mass is 426 g/mol. The summed E-state index contributed by atoms with van der Waals surface area (Å²) in [5, 5.41) is -0.762. The lowest BCUT2D eigenvalue weighted by atomic mass is 10.2. The molecule has 0 aromatic heterocycles. The average Bonchev–Trinajstić information content (AvgIpc) is 3.19. The van der Waals surface area contributed by atoms with Crippen LogP contribution in [-0.4, -0.2) is 44.2 Å². The van der Waals surface area contributed by atoms with Crippen LogP contribution in [0, 0.1) is 5.82 Å². The number of amides is 1. The van der Waals surface area contributed by atoms with Crippen LogP contribution < -0.4 is 9.46 Å². The number of nitrogens with zero attached hydrogens (tertiary/aromatic N) is 1. The predicted molar refractivity (Wildman–Crippen MR) is 104 cm³/mol. The fraction of sp³-hybridized carbons (Fsp3) is 0.316. The van der Waals surface area contributed by atoms with Crippen molar-refractivity contribution in [1.82, 2.24) is 9.62 Å². The number of hydrogen-bond donors (Lipinski definition) is 1. The molecule has 1 heterocycles. The highest BCUT2D eigenvalue weighted by Crippen LogP contribution is 2.22. The largest absolute Gasteiger partial charge is 0.484 e. The quantitative estimate of drug-likeness (QED) is 0.738. The summed E-state index contributed by atoms with van der Waals surface area (Å²) in [5.41, 5.74) is 0.864. The van der Waals surface area contributed by atoms with Crippen molar-refractivity contribution in [2.24, 2.45) is 0 Å². The van der Waals surface area contributed by atoms with Gasteiger partial charge in [0.2, 0.25) is 10.0 Å². The van der Waals surface area contributed by atoms with Crippen molar-refractivity contribution in [2.75, 3.05) is 19.7 Å². The van der Waals surface area contributed by atoms with Crippen molar-refractivity contribution < 1.29 is 22.3 Å². The fourth-order valence-electron chi connectivity index (χ4n) is 2.91. The smallest absolute Gasteiger partial charge is 0.260 e. The second-order valence-electron chi connectivity index (χ2n) is 6.47. The molecule has 1 aliphatic heterocycles.